The summed E-state index contributed by atoms with van der Waals surface area (Å²) in [4.78, 5) is 1.35. The molecule has 1 aliphatic carbocycles. The third-order valence-corrected chi connectivity index (χ3v) is 18.0. The summed E-state index contributed by atoms with van der Waals surface area (Å²) < 4.78 is 13.2. The Balaban J connectivity index is 0.789. The van der Waals surface area contributed by atoms with Crippen LogP contribution in [0.1, 0.15) is 17.0 Å². The molecule has 2 aliphatic rings. The molecule has 0 fully saturated rings. The molecule has 0 bridgehead atoms. The highest BCUT2D eigenvalue weighted by molar-refractivity contribution is 8.00. The Labute approximate surface area is 435 Å². The van der Waals surface area contributed by atoms with Crippen molar-refractivity contribution < 1.29 is 8.83 Å². The molecule has 15 aromatic rings. The maximum Gasteiger partial charge on any atom is 0.143 e. The van der Waals surface area contributed by atoms with Crippen LogP contribution < -0.4 is 0 Å². The lowest BCUT2D eigenvalue weighted by Gasteiger charge is -2.27. The van der Waals surface area contributed by atoms with Crippen LogP contribution in [-0.2, 0) is 0 Å². The first-order valence-electron chi connectivity index (χ1n) is 26.0. The van der Waals surface area contributed by atoms with E-state index in [-0.39, 0.29) is 11.2 Å². The molecule has 0 amide bonds. The van der Waals surface area contributed by atoms with Crippen molar-refractivity contribution in [3.8, 4) is 33.4 Å². The number of allylic oxidation sites excluding steroid dienone is 3. The summed E-state index contributed by atoms with van der Waals surface area (Å²) in [6.07, 6.45) is 7.16. The van der Waals surface area contributed by atoms with Crippen LogP contribution in [0, 0.1) is 0 Å². The molecule has 3 heteroatoms. The van der Waals surface area contributed by atoms with Gasteiger partial charge in [-0.05, 0) is 152 Å². The van der Waals surface area contributed by atoms with E-state index in [2.05, 4.69) is 243 Å². The molecule has 0 saturated carbocycles. The third kappa shape index (κ3) is 5.93. The highest BCUT2D eigenvalue weighted by atomic mass is 32.2. The van der Waals surface area contributed by atoms with E-state index in [1.807, 2.05) is 11.8 Å². The second-order valence-corrected chi connectivity index (χ2v) is 21.6. The molecule has 0 spiro atoms. The minimum Gasteiger partial charge on any atom is -0.455 e. The molecule has 2 aromatic heterocycles. The first-order chi connectivity index (χ1) is 37.2. The molecule has 2 nitrogen and oxygen atoms in total. The van der Waals surface area contributed by atoms with Gasteiger partial charge in [0.15, 0.2) is 0 Å². The molecule has 0 radical (unpaired) electrons. The van der Waals surface area contributed by atoms with Gasteiger partial charge < -0.3 is 8.83 Å². The summed E-state index contributed by atoms with van der Waals surface area (Å²) in [6, 6.07) is 82.9. The lowest BCUT2D eigenvalue weighted by molar-refractivity contribution is 0.672. The predicted octanol–water partition coefficient (Wildman–Crippen LogP) is 20.6. The van der Waals surface area contributed by atoms with E-state index in [0.29, 0.717) is 0 Å². The van der Waals surface area contributed by atoms with E-state index >= 15 is 0 Å². The highest BCUT2D eigenvalue weighted by Gasteiger charge is 2.38. The standard InChI is InChI=1S/C72H42O2S/c1-3-16-46-41(14-1)28-33-56-60-38-43(30-35-63(60)73-70(46)56)66-48-18-5-7-20-50(48)68(51-21-8-6-19-49(51)66)45-32-37-65-62(40-45)58-26-13-27-59(72(58)75-65)69-54-24-11-9-22-52(54)67(53-23-10-12-25-55(53)69)44-31-36-64-61(39-44)57-34-29-42-15-2-4-17-47(42)71(57)74-64/h1-40,58,72H. The van der Waals surface area contributed by atoms with Gasteiger partial charge in [-0.2, -0.15) is 0 Å². The van der Waals surface area contributed by atoms with Crippen molar-refractivity contribution in [3.63, 3.8) is 0 Å². The molecule has 348 valence electrons. The summed E-state index contributed by atoms with van der Waals surface area (Å²) in [7, 11) is 0. The Kier molecular flexibility index (Phi) is 8.64. The minimum atomic E-state index is 0.209. The second kappa shape index (κ2) is 15.7. The molecule has 3 heterocycles. The van der Waals surface area contributed by atoms with E-state index < -0.39 is 0 Å². The van der Waals surface area contributed by atoms with Gasteiger partial charge in [-0.25, -0.2) is 0 Å². The summed E-state index contributed by atoms with van der Waals surface area (Å²) in [6.45, 7) is 0. The van der Waals surface area contributed by atoms with Crippen LogP contribution in [0.3, 0.4) is 0 Å². The normalized spacial score (nSPS) is 15.4. The van der Waals surface area contributed by atoms with Crippen LogP contribution in [0.2, 0.25) is 0 Å². The summed E-state index contributed by atoms with van der Waals surface area (Å²) in [5.41, 5.74) is 15.2. The van der Waals surface area contributed by atoms with Crippen LogP contribution in [0.25, 0.3) is 147 Å². The fourth-order valence-corrected chi connectivity index (χ4v) is 14.8. The quantitative estimate of drug-likeness (QED) is 0.164. The minimum absolute atomic E-state index is 0.209. The molecule has 75 heavy (non-hydrogen) atoms. The maximum absolute atomic E-state index is 6.60. The Morgan fingerprint density at radius 2 is 0.720 bits per heavy atom. The molecule has 0 saturated heterocycles. The Bertz CT molecular complexity index is 4950. The molecule has 1 aliphatic heterocycles. The van der Waals surface area contributed by atoms with Gasteiger partial charge in [0.05, 0.1) is 0 Å². The molecular weight excluding hydrogens is 929 g/mol. The number of hydrogen-bond acceptors (Lipinski definition) is 3. The molecule has 0 N–H and O–H groups in total. The van der Waals surface area contributed by atoms with Crippen molar-refractivity contribution in [3.05, 3.63) is 254 Å². The van der Waals surface area contributed by atoms with Gasteiger partial charge in [0.1, 0.15) is 22.3 Å². The number of rotatable bonds is 4. The molecule has 2 unspecified atom stereocenters. The maximum atomic E-state index is 6.60. The van der Waals surface area contributed by atoms with Gasteiger partial charge in [0.2, 0.25) is 0 Å². The predicted molar refractivity (Wildman–Crippen MR) is 318 cm³/mol. The Morgan fingerprint density at radius 3 is 1.19 bits per heavy atom. The van der Waals surface area contributed by atoms with Crippen molar-refractivity contribution >= 4 is 126 Å². The molecule has 2 atom stereocenters. The SMILES string of the molecule is C1=CC2c3cc(-c4c5ccccc5c(-c5ccc6oc7c8ccccc8ccc7c6c5)c5ccccc45)ccc3SC2C(c2c3ccccc3c(-c3ccc4oc5c6ccccc6ccc5c4c3)c3ccccc23)=C1. The van der Waals surface area contributed by atoms with Crippen LogP contribution in [0.5, 0.6) is 0 Å². The van der Waals surface area contributed by atoms with Crippen LogP contribution in [-0.4, -0.2) is 5.25 Å². The zero-order valence-electron chi connectivity index (χ0n) is 40.5. The molecule has 13 aromatic carbocycles. The zero-order chi connectivity index (χ0) is 48.9. The average Bonchev–Trinajstić information content (AvgIpc) is 4.17. The van der Waals surface area contributed by atoms with Gasteiger partial charge in [-0.1, -0.05) is 194 Å². The van der Waals surface area contributed by atoms with Gasteiger partial charge in [0, 0.05) is 48.4 Å². The average molecular weight is 971 g/mol. The Morgan fingerprint density at radius 1 is 0.320 bits per heavy atom. The number of thioether (sulfide) groups is 1. The first-order valence-corrected chi connectivity index (χ1v) is 26.8. The van der Waals surface area contributed by atoms with Crippen LogP contribution in [0.15, 0.2) is 256 Å². The van der Waals surface area contributed by atoms with Crippen molar-refractivity contribution in [1.29, 1.82) is 0 Å². The number of benzene rings is 13. The van der Waals surface area contributed by atoms with E-state index in [0.717, 1.165) is 54.6 Å². The van der Waals surface area contributed by atoms with Gasteiger partial charge in [0.25, 0.3) is 0 Å². The largest absolute Gasteiger partial charge is 0.455 e. The Hall–Kier alpha value is -9.15. The van der Waals surface area contributed by atoms with E-state index in [1.54, 1.807) is 0 Å². The fraction of sp³-hybridized carbons (Fsp3) is 0.0278. The fourth-order valence-electron chi connectivity index (χ4n) is 13.3. The van der Waals surface area contributed by atoms with Crippen LogP contribution in [0.4, 0.5) is 0 Å². The first kappa shape index (κ1) is 41.3. The smallest absolute Gasteiger partial charge is 0.143 e. The van der Waals surface area contributed by atoms with Crippen molar-refractivity contribution in [2.45, 2.75) is 16.1 Å². The summed E-state index contributed by atoms with van der Waals surface area (Å²) in [5, 5.41) is 19.5. The zero-order valence-corrected chi connectivity index (χ0v) is 41.3. The number of furan rings is 2. The van der Waals surface area contributed by atoms with E-state index in [9.17, 15) is 0 Å². The summed E-state index contributed by atoms with van der Waals surface area (Å²) >= 11 is 2.02. The molecular formula is C72H42O2S. The lowest BCUT2D eigenvalue weighted by Crippen LogP contribution is -2.14. The summed E-state index contributed by atoms with van der Waals surface area (Å²) in [5.74, 6) is 0.209. The number of hydrogen-bond donors (Lipinski definition) is 0. The van der Waals surface area contributed by atoms with E-state index in [1.165, 1.54) is 109 Å². The lowest BCUT2D eigenvalue weighted by atomic mass is 9.79. The van der Waals surface area contributed by atoms with Gasteiger partial charge in [-0.15, -0.1) is 11.8 Å². The topological polar surface area (TPSA) is 26.3 Å². The highest BCUT2D eigenvalue weighted by Crippen LogP contribution is 2.57. The molecule has 17 rings (SSSR count). The van der Waals surface area contributed by atoms with Gasteiger partial charge >= 0.3 is 0 Å². The van der Waals surface area contributed by atoms with Crippen molar-refractivity contribution in [2.75, 3.05) is 0 Å². The number of fused-ring (bicyclic) bond motifs is 17. The van der Waals surface area contributed by atoms with Gasteiger partial charge in [-0.3, -0.25) is 0 Å². The third-order valence-electron chi connectivity index (χ3n) is 16.6. The van der Waals surface area contributed by atoms with Crippen LogP contribution >= 0.6 is 11.8 Å². The van der Waals surface area contributed by atoms with E-state index in [4.69, 9.17) is 8.83 Å². The second-order valence-electron chi connectivity index (χ2n) is 20.5. The monoisotopic (exact) mass is 970 g/mol. The van der Waals surface area contributed by atoms with Crippen molar-refractivity contribution in [2.24, 2.45) is 0 Å². The van der Waals surface area contributed by atoms with Crippen molar-refractivity contribution in [1.82, 2.24) is 0 Å².